The highest BCUT2D eigenvalue weighted by Crippen LogP contribution is 2.36. The van der Waals surface area contributed by atoms with Gasteiger partial charge in [-0.25, -0.2) is 9.97 Å². The van der Waals surface area contributed by atoms with Crippen molar-refractivity contribution in [2.45, 2.75) is 6.54 Å². The Bertz CT molecular complexity index is 1540. The van der Waals surface area contributed by atoms with Gasteiger partial charge in [0.1, 0.15) is 23.1 Å². The molecule has 0 saturated carbocycles. The number of aliphatic hydroxyl groups excluding tert-OH is 1. The van der Waals surface area contributed by atoms with Crippen molar-refractivity contribution in [2.75, 3.05) is 13.2 Å². The van der Waals surface area contributed by atoms with Crippen molar-refractivity contribution in [3.63, 3.8) is 0 Å². The van der Waals surface area contributed by atoms with E-state index < -0.39 is 5.91 Å². The zero-order chi connectivity index (χ0) is 25.1. The molecule has 0 aliphatic heterocycles. The molecule has 5 rings (SSSR count). The van der Waals surface area contributed by atoms with E-state index in [-0.39, 0.29) is 12.4 Å². The fourth-order valence-electron chi connectivity index (χ4n) is 4.27. The summed E-state index contributed by atoms with van der Waals surface area (Å²) in [5.41, 5.74) is 11.9. The number of imidazole rings is 1. The number of nitrogens with zero attached hydrogens (tertiary/aromatic N) is 3. The van der Waals surface area contributed by atoms with Crippen LogP contribution in [0.1, 0.15) is 15.9 Å². The number of primary amides is 1. The van der Waals surface area contributed by atoms with Gasteiger partial charge in [-0.3, -0.25) is 9.36 Å². The van der Waals surface area contributed by atoms with Gasteiger partial charge in [-0.15, -0.1) is 0 Å². The number of aromatic nitrogens is 3. The first-order valence-electron chi connectivity index (χ1n) is 11.5. The molecule has 8 nitrogen and oxygen atoms in total. The lowest BCUT2D eigenvalue weighted by atomic mass is 9.97. The fraction of sp³-hybridized carbons (Fsp3) is 0.107. The summed E-state index contributed by atoms with van der Waals surface area (Å²) in [6, 6.07) is 22.8. The number of nitrogens with one attached hydrogen (secondary N) is 1. The Kier molecular flexibility index (Phi) is 6.44. The molecule has 5 N–H and O–H groups in total. The molecule has 3 aromatic carbocycles. The van der Waals surface area contributed by atoms with Gasteiger partial charge in [-0.05, 0) is 34.9 Å². The molecule has 0 unspecified atom stereocenters. The minimum atomic E-state index is -0.529. The third-order valence-electron chi connectivity index (χ3n) is 6.06. The number of pyridine rings is 1. The summed E-state index contributed by atoms with van der Waals surface area (Å²) in [4.78, 5) is 20.5. The lowest BCUT2D eigenvalue weighted by Gasteiger charge is -2.12. The molecule has 1 amide bonds. The highest BCUT2D eigenvalue weighted by Gasteiger charge is 2.17. The molecule has 0 spiro atoms. The van der Waals surface area contributed by atoms with E-state index in [0.717, 1.165) is 22.3 Å². The van der Waals surface area contributed by atoms with Gasteiger partial charge in [0.25, 0.3) is 0 Å². The van der Waals surface area contributed by atoms with Crippen LogP contribution < -0.4 is 11.1 Å². The van der Waals surface area contributed by atoms with Crippen LogP contribution in [-0.2, 0) is 6.54 Å². The van der Waals surface area contributed by atoms with Crippen LogP contribution in [0.3, 0.4) is 0 Å². The van der Waals surface area contributed by atoms with Crippen molar-refractivity contribution >= 4 is 16.9 Å². The third-order valence-corrected chi connectivity index (χ3v) is 6.06. The fourth-order valence-corrected chi connectivity index (χ4v) is 4.27. The standard InChI is InChI=1S/C28H25N5O3/c29-28(36)20-5-3-6-22(14-20)33-17-32-24-16-31-25(27(35)26(24)33)19-10-8-18(9-11-19)23-7-2-1-4-21(23)15-30-12-13-34/h1-11,14,16-17,30,34-35H,12-13,15H2,(H2,29,36). The zero-order valence-corrected chi connectivity index (χ0v) is 19.4. The van der Waals surface area contributed by atoms with Crippen LogP contribution in [0.4, 0.5) is 0 Å². The molecule has 0 bridgehead atoms. The first-order valence-corrected chi connectivity index (χ1v) is 11.5. The van der Waals surface area contributed by atoms with Gasteiger partial charge in [0.05, 0.1) is 12.8 Å². The summed E-state index contributed by atoms with van der Waals surface area (Å²) in [5, 5.41) is 23.5. The summed E-state index contributed by atoms with van der Waals surface area (Å²) in [6.07, 6.45) is 3.20. The maximum absolute atomic E-state index is 11.6. The van der Waals surface area contributed by atoms with Crippen molar-refractivity contribution in [3.8, 4) is 33.8 Å². The number of fused-ring (bicyclic) bond motifs is 1. The first-order chi connectivity index (χ1) is 17.6. The lowest BCUT2D eigenvalue weighted by molar-refractivity contribution is 0.1000. The van der Waals surface area contributed by atoms with Crippen LogP contribution in [0.2, 0.25) is 0 Å². The van der Waals surface area contributed by atoms with E-state index in [1.807, 2.05) is 42.5 Å². The molecule has 0 radical (unpaired) electrons. The number of nitrogens with two attached hydrogens (primary N) is 1. The van der Waals surface area contributed by atoms with Gasteiger partial charge >= 0.3 is 0 Å². The Labute approximate surface area is 207 Å². The van der Waals surface area contributed by atoms with Crippen molar-refractivity contribution < 1.29 is 15.0 Å². The van der Waals surface area contributed by atoms with E-state index in [2.05, 4.69) is 27.4 Å². The topological polar surface area (TPSA) is 126 Å². The number of benzene rings is 3. The highest BCUT2D eigenvalue weighted by molar-refractivity contribution is 5.94. The van der Waals surface area contributed by atoms with Crippen molar-refractivity contribution in [2.24, 2.45) is 5.73 Å². The van der Waals surface area contributed by atoms with Crippen LogP contribution in [-0.4, -0.2) is 43.8 Å². The van der Waals surface area contributed by atoms with Gasteiger partial charge in [0, 0.05) is 29.9 Å². The maximum atomic E-state index is 11.6. The number of aliphatic hydroxyl groups is 1. The second-order valence-electron chi connectivity index (χ2n) is 8.35. The largest absolute Gasteiger partial charge is 0.504 e. The summed E-state index contributed by atoms with van der Waals surface area (Å²) in [7, 11) is 0. The Morgan fingerprint density at radius 2 is 1.75 bits per heavy atom. The molecular formula is C28H25N5O3. The number of amides is 1. The van der Waals surface area contributed by atoms with Gasteiger partial charge in [-0.2, -0.15) is 0 Å². The summed E-state index contributed by atoms with van der Waals surface area (Å²) in [5.74, 6) is -0.533. The monoisotopic (exact) mass is 479 g/mol. The van der Waals surface area contributed by atoms with E-state index >= 15 is 0 Å². The second kappa shape index (κ2) is 9.99. The lowest BCUT2D eigenvalue weighted by Crippen LogP contribution is -2.17. The van der Waals surface area contributed by atoms with E-state index in [1.165, 1.54) is 0 Å². The third kappa shape index (κ3) is 4.43. The number of hydrogen-bond donors (Lipinski definition) is 4. The Balaban J connectivity index is 1.51. The van der Waals surface area contributed by atoms with Crippen LogP contribution in [0, 0.1) is 0 Å². The SMILES string of the molecule is NC(=O)c1cccc(-n2cnc3cnc(-c4ccc(-c5ccccc5CNCCO)cc4)c(O)c32)c1. The molecule has 0 aliphatic rings. The number of aromatic hydroxyl groups is 1. The maximum Gasteiger partial charge on any atom is 0.248 e. The average Bonchev–Trinajstić information content (AvgIpc) is 3.35. The van der Waals surface area contributed by atoms with Gasteiger partial charge < -0.3 is 21.3 Å². The quantitative estimate of drug-likeness (QED) is 0.252. The molecule has 180 valence electrons. The molecule has 5 aromatic rings. The molecule has 0 aliphatic carbocycles. The van der Waals surface area contributed by atoms with Crippen LogP contribution in [0.5, 0.6) is 5.75 Å². The van der Waals surface area contributed by atoms with E-state index in [9.17, 15) is 9.90 Å². The van der Waals surface area contributed by atoms with E-state index in [1.54, 1.807) is 35.3 Å². The van der Waals surface area contributed by atoms with Crippen molar-refractivity contribution in [1.82, 2.24) is 19.9 Å². The van der Waals surface area contributed by atoms with Crippen LogP contribution >= 0.6 is 0 Å². The van der Waals surface area contributed by atoms with Gasteiger partial charge in [0.15, 0.2) is 5.75 Å². The number of hydrogen-bond acceptors (Lipinski definition) is 6. The number of carbonyl (C=O) groups excluding carboxylic acids is 1. The van der Waals surface area contributed by atoms with Crippen molar-refractivity contribution in [3.05, 3.63) is 96.4 Å². The highest BCUT2D eigenvalue weighted by atomic mass is 16.3. The summed E-state index contributed by atoms with van der Waals surface area (Å²) >= 11 is 0. The predicted octanol–water partition coefficient (Wildman–Crippen LogP) is 3.64. The molecule has 2 heterocycles. The summed E-state index contributed by atoms with van der Waals surface area (Å²) in [6.45, 7) is 1.27. The smallest absolute Gasteiger partial charge is 0.248 e. The molecule has 0 saturated heterocycles. The Morgan fingerprint density at radius 3 is 2.53 bits per heavy atom. The average molecular weight is 480 g/mol. The minimum absolute atomic E-state index is 0.00386. The number of carbonyl (C=O) groups is 1. The first kappa shape index (κ1) is 23.2. The molecular weight excluding hydrogens is 454 g/mol. The number of rotatable bonds is 8. The predicted molar refractivity (Wildman–Crippen MR) is 139 cm³/mol. The van der Waals surface area contributed by atoms with Crippen LogP contribution in [0.15, 0.2) is 85.3 Å². The van der Waals surface area contributed by atoms with Gasteiger partial charge in [-0.1, -0.05) is 54.6 Å². The normalized spacial score (nSPS) is 11.1. The van der Waals surface area contributed by atoms with Gasteiger partial charge in [0.2, 0.25) is 5.91 Å². The molecule has 2 aromatic heterocycles. The van der Waals surface area contributed by atoms with Crippen LogP contribution in [0.25, 0.3) is 39.1 Å². The Hall–Kier alpha value is -4.53. The Morgan fingerprint density at radius 1 is 0.972 bits per heavy atom. The zero-order valence-electron chi connectivity index (χ0n) is 19.4. The van der Waals surface area contributed by atoms with E-state index in [0.29, 0.717) is 41.1 Å². The van der Waals surface area contributed by atoms with Crippen molar-refractivity contribution in [1.29, 1.82) is 0 Å². The minimum Gasteiger partial charge on any atom is -0.504 e. The molecule has 8 heteroatoms. The molecule has 0 atom stereocenters. The molecule has 36 heavy (non-hydrogen) atoms. The van der Waals surface area contributed by atoms with E-state index in [4.69, 9.17) is 10.8 Å². The summed E-state index contributed by atoms with van der Waals surface area (Å²) < 4.78 is 1.71. The molecule has 0 fully saturated rings. The second-order valence-corrected chi connectivity index (χ2v) is 8.35.